The van der Waals surface area contributed by atoms with Crippen LogP contribution in [0.2, 0.25) is 0 Å². The van der Waals surface area contributed by atoms with Crippen molar-refractivity contribution in [2.75, 3.05) is 0 Å². The van der Waals surface area contributed by atoms with Crippen molar-refractivity contribution in [1.82, 2.24) is 28.2 Å². The van der Waals surface area contributed by atoms with E-state index in [-0.39, 0.29) is 10.8 Å². The van der Waals surface area contributed by atoms with E-state index >= 15 is 0 Å². The molecule has 0 atom stereocenters. The second-order valence-electron chi connectivity index (χ2n) is 31.3. The van der Waals surface area contributed by atoms with E-state index in [1.165, 1.54) is 22.3 Å². The first-order valence-corrected chi connectivity index (χ1v) is 36.7. The molecule has 18 rings (SSSR count). The Balaban J connectivity index is 0.836. The molecule has 0 spiro atoms. The number of para-hydroxylation sites is 1. The lowest BCUT2D eigenvalue weighted by Crippen LogP contribution is -2.11. The number of nitrogens with zero attached hydrogens (tertiary/aromatic N) is 8. The molecule has 0 unspecified atom stereocenters. The molecule has 0 saturated carbocycles. The van der Waals surface area contributed by atoms with Gasteiger partial charge in [-0.25, -0.2) is 4.98 Å². The van der Waals surface area contributed by atoms with Crippen molar-refractivity contribution in [3.63, 3.8) is 0 Å². The zero-order valence-corrected chi connectivity index (χ0v) is 61.6. The van der Waals surface area contributed by atoms with E-state index in [4.69, 9.17) is 9.97 Å². The van der Waals surface area contributed by atoms with Crippen molar-refractivity contribution < 1.29 is 0 Å². The molecule has 6 heterocycles. The molecule has 0 N–H and O–H groups in total. The number of hydrogen-bond acceptors (Lipinski definition) is 4. The minimum atomic E-state index is -0.170. The van der Waals surface area contributed by atoms with E-state index in [2.05, 4.69) is 355 Å². The molecule has 8 nitrogen and oxygen atoms in total. The molecule has 0 amide bonds. The average Bonchev–Trinajstić information content (AvgIpc) is 1.62. The van der Waals surface area contributed by atoms with E-state index in [1.807, 2.05) is 12.1 Å². The van der Waals surface area contributed by atoms with Crippen molar-refractivity contribution >= 4 is 87.2 Å². The van der Waals surface area contributed by atoms with Gasteiger partial charge < -0.3 is 18.3 Å². The van der Waals surface area contributed by atoms with Crippen LogP contribution >= 0.6 is 0 Å². The summed E-state index contributed by atoms with van der Waals surface area (Å²) in [6.45, 7) is 24.2. The Morgan fingerprint density at radius 3 is 1.03 bits per heavy atom. The Morgan fingerprint density at radius 2 is 0.613 bits per heavy atom. The summed E-state index contributed by atoms with van der Waals surface area (Å²) < 4.78 is 9.36. The fourth-order valence-electron chi connectivity index (χ4n) is 16.6. The van der Waals surface area contributed by atoms with Gasteiger partial charge in [-0.05, 0) is 224 Å². The van der Waals surface area contributed by atoms with Crippen molar-refractivity contribution in [3.8, 4) is 79.7 Å². The van der Waals surface area contributed by atoms with E-state index in [9.17, 15) is 10.5 Å². The minimum absolute atomic E-state index is 0.117. The third kappa shape index (κ3) is 10.9. The lowest BCUT2D eigenvalue weighted by Gasteiger charge is -2.21. The Kier molecular flexibility index (Phi) is 15.2. The van der Waals surface area contributed by atoms with Crippen molar-refractivity contribution in [3.05, 3.63) is 322 Å². The summed E-state index contributed by atoms with van der Waals surface area (Å²) in [5.41, 5.74) is 30.1. The van der Waals surface area contributed by atoms with E-state index in [1.54, 1.807) is 0 Å². The summed E-state index contributed by atoms with van der Waals surface area (Å²) in [7, 11) is 0. The highest BCUT2D eigenvalue weighted by molar-refractivity contribution is 6.14. The molecule has 8 heteroatoms. The fraction of sp³-hybridized carbons (Fsp3) is 0.143. The number of pyridine rings is 2. The maximum atomic E-state index is 12.1. The number of nitriles is 2. The first kappa shape index (κ1) is 65.2. The van der Waals surface area contributed by atoms with Crippen LogP contribution in [0.15, 0.2) is 261 Å². The van der Waals surface area contributed by atoms with Gasteiger partial charge in [-0.2, -0.15) is 10.5 Å². The third-order valence-corrected chi connectivity index (χ3v) is 21.8. The zero-order valence-electron chi connectivity index (χ0n) is 61.6. The molecule has 0 aliphatic heterocycles. The molecule has 18 aromatic rings. The smallest absolute Gasteiger partial charge is 0.104 e. The Labute approximate surface area is 617 Å². The predicted octanol–water partition coefficient (Wildman–Crippen LogP) is 25.0. The monoisotopic (exact) mass is 1370 g/mol. The van der Waals surface area contributed by atoms with Crippen LogP contribution in [0.3, 0.4) is 0 Å². The average molecular weight is 1370 g/mol. The first-order valence-electron chi connectivity index (χ1n) is 36.7. The summed E-state index contributed by atoms with van der Waals surface area (Å²) in [5.74, 6) is 0. The number of aromatic nitrogens is 6. The second kappa shape index (κ2) is 24.7. The van der Waals surface area contributed by atoms with Crippen LogP contribution in [0.25, 0.3) is 155 Å². The number of rotatable bonds is 10. The third-order valence-electron chi connectivity index (χ3n) is 21.8. The summed E-state index contributed by atoms with van der Waals surface area (Å²) in [6, 6.07) is 101. The van der Waals surface area contributed by atoms with Gasteiger partial charge >= 0.3 is 0 Å². The molecule has 0 saturated heterocycles. The molecule has 0 radical (unpaired) electrons. The minimum Gasteiger partial charge on any atom is -0.308 e. The number of aryl methyl sites for hydroxylation is 5. The molecule has 0 aliphatic carbocycles. The summed E-state index contributed by atoms with van der Waals surface area (Å²) in [5, 5.41) is 33.1. The summed E-state index contributed by atoms with van der Waals surface area (Å²) in [6.07, 6.45) is 0.649. The molecule has 0 fully saturated rings. The quantitative estimate of drug-likeness (QED) is 0.136. The second-order valence-corrected chi connectivity index (χ2v) is 31.3. The van der Waals surface area contributed by atoms with E-state index < -0.39 is 0 Å². The zero-order chi connectivity index (χ0) is 72.8. The highest BCUT2D eigenvalue weighted by atomic mass is 15.0. The molecule has 510 valence electrons. The Hall–Kier alpha value is -12.9. The van der Waals surface area contributed by atoms with Crippen LogP contribution < -0.4 is 0 Å². The molecule has 12 aromatic carbocycles. The molecule has 6 aromatic heterocycles. The Morgan fingerprint density at radius 1 is 0.283 bits per heavy atom. The maximum absolute atomic E-state index is 12.1. The van der Waals surface area contributed by atoms with Gasteiger partial charge in [0.2, 0.25) is 0 Å². The van der Waals surface area contributed by atoms with Gasteiger partial charge in [0.25, 0.3) is 0 Å². The molecule has 0 bridgehead atoms. The molecular weight excluding hydrogens is 1290 g/mol. The van der Waals surface area contributed by atoms with Crippen molar-refractivity contribution in [2.24, 2.45) is 0 Å². The van der Waals surface area contributed by atoms with Gasteiger partial charge in [-0.15, -0.1) is 0 Å². The highest BCUT2D eigenvalue weighted by Crippen LogP contribution is 2.46. The first-order chi connectivity index (χ1) is 51.2. The molecular formula is C98H78N8. The van der Waals surface area contributed by atoms with E-state index in [0.29, 0.717) is 17.5 Å². The number of benzene rings is 12. The fourth-order valence-corrected chi connectivity index (χ4v) is 16.6. The lowest BCUT2D eigenvalue weighted by molar-refractivity contribution is 0.590. The van der Waals surface area contributed by atoms with Gasteiger partial charge in [-0.3, -0.25) is 4.98 Å². The van der Waals surface area contributed by atoms with Crippen LogP contribution in [0.1, 0.15) is 103 Å². The maximum Gasteiger partial charge on any atom is 0.104 e. The lowest BCUT2D eigenvalue weighted by atomic mass is 9.86. The van der Waals surface area contributed by atoms with Crippen LogP contribution in [-0.4, -0.2) is 28.2 Å². The SMILES string of the molecule is Cc1ccc2c(c1)c1cc(C)ccc1n2-c1cc(-c2cc(-c3ccccc3)nc(-c3ccccc3)c2)cc(-n2c3ccc(C)cc3c3cc(Cc4ccc5c(c4)c4ccc(C(C)(C)C)cc4n5-c4cc(-c5cc(C)nc(C)c5)cc(-n5c6ccccc6c6ccc(C(C)(C)C)cc65)c4C#N)ccc32)c1C#N. The van der Waals surface area contributed by atoms with Crippen LogP contribution in [0.5, 0.6) is 0 Å². The van der Waals surface area contributed by atoms with Gasteiger partial charge in [0, 0.05) is 65.6 Å². The van der Waals surface area contributed by atoms with Crippen molar-refractivity contribution in [2.45, 2.75) is 93.4 Å². The summed E-state index contributed by atoms with van der Waals surface area (Å²) >= 11 is 0. The largest absolute Gasteiger partial charge is 0.308 e. The standard InChI is InChI=1S/C98H78N8/c1-58-26-35-86-76(40-58)77-41-59(2)27-36-87(77)103(86)91-52-70(68-48-83(65-20-14-12-15-21-65)102-84(49-68)66-22-16-13-17-23-66)53-92(81(91)56-99)104-88-37-28-60(3)42-78(88)80-47-64(30-39-90(80)104)45-63-29-38-89-79(46-63)75-34-32-72(98(9,10)11)55-96(75)106(89)94-51-69(67-43-61(4)101-62(5)44-67)50-93(82(94)57-100)105-85-25-19-18-24-73(85)74-33-31-71(54-95(74)105)97(6,7)8/h12-44,46-55H,45H2,1-11H3. The van der Waals surface area contributed by atoms with Crippen LogP contribution in [0, 0.1) is 57.3 Å². The Bertz CT molecular complexity index is 6680. The van der Waals surface area contributed by atoms with Gasteiger partial charge in [0.05, 0.1) is 78.3 Å². The normalized spacial score (nSPS) is 12.1. The topological polar surface area (TPSA) is 93.1 Å². The van der Waals surface area contributed by atoms with Crippen molar-refractivity contribution in [1.29, 1.82) is 10.5 Å². The molecule has 0 aliphatic rings. The van der Waals surface area contributed by atoms with Gasteiger partial charge in [0.1, 0.15) is 23.3 Å². The highest BCUT2D eigenvalue weighted by Gasteiger charge is 2.28. The van der Waals surface area contributed by atoms with E-state index in [0.717, 1.165) is 183 Å². The molecule has 106 heavy (non-hydrogen) atoms. The predicted molar refractivity (Wildman–Crippen MR) is 441 cm³/mol. The number of fused-ring (bicyclic) bond motifs is 12. The number of hydrogen-bond donors (Lipinski definition) is 0. The van der Waals surface area contributed by atoms with Gasteiger partial charge in [0.15, 0.2) is 0 Å². The van der Waals surface area contributed by atoms with Crippen LogP contribution in [0.4, 0.5) is 0 Å². The van der Waals surface area contributed by atoms with Crippen LogP contribution in [-0.2, 0) is 17.3 Å². The summed E-state index contributed by atoms with van der Waals surface area (Å²) in [4.78, 5) is 10.2. The van der Waals surface area contributed by atoms with Gasteiger partial charge in [-0.1, -0.05) is 192 Å².